The third-order valence-electron chi connectivity index (χ3n) is 1.76. The highest BCUT2D eigenvalue weighted by Crippen LogP contribution is 2.25. The van der Waals surface area contributed by atoms with Crippen LogP contribution < -0.4 is 10.1 Å². The van der Waals surface area contributed by atoms with Crippen LogP contribution in [0.1, 0.15) is 12.5 Å². The third-order valence-corrected chi connectivity index (χ3v) is 1.76. The number of halogens is 3. The number of rotatable bonds is 4. The highest BCUT2D eigenvalue weighted by atomic mass is 19.4. The zero-order chi connectivity index (χ0) is 11.3. The molecule has 0 aromatic heterocycles. The van der Waals surface area contributed by atoms with Crippen molar-refractivity contribution < 1.29 is 17.9 Å². The van der Waals surface area contributed by atoms with Gasteiger partial charge in [0.15, 0.2) is 0 Å². The van der Waals surface area contributed by atoms with Crippen molar-refractivity contribution in [3.8, 4) is 5.75 Å². The molecule has 0 bridgehead atoms. The van der Waals surface area contributed by atoms with Crippen LogP contribution in [0.15, 0.2) is 24.3 Å². The van der Waals surface area contributed by atoms with Crippen molar-refractivity contribution in [1.29, 1.82) is 0 Å². The Labute approximate surface area is 86.1 Å². The molecule has 0 saturated carbocycles. The van der Waals surface area contributed by atoms with Crippen LogP contribution in [0.4, 0.5) is 13.2 Å². The van der Waals surface area contributed by atoms with E-state index in [1.165, 1.54) is 12.1 Å². The number of ether oxygens (including phenoxy) is 1. The molecule has 1 N–H and O–H groups in total. The number of hydrogen-bond donors (Lipinski definition) is 1. The van der Waals surface area contributed by atoms with Gasteiger partial charge in [-0.15, -0.1) is 13.2 Å². The lowest BCUT2D eigenvalue weighted by Gasteiger charge is -2.13. The molecule has 2 nitrogen and oxygen atoms in total. The predicted molar refractivity (Wildman–Crippen MR) is 50.5 cm³/mol. The van der Waals surface area contributed by atoms with E-state index in [0.717, 1.165) is 0 Å². The molecule has 0 heterocycles. The van der Waals surface area contributed by atoms with E-state index in [4.69, 9.17) is 0 Å². The van der Waals surface area contributed by atoms with Gasteiger partial charge in [-0.2, -0.15) is 0 Å². The van der Waals surface area contributed by atoms with Crippen LogP contribution in [0.2, 0.25) is 0 Å². The molecular weight excluding hydrogens is 207 g/mol. The molecule has 0 aliphatic rings. The summed E-state index contributed by atoms with van der Waals surface area (Å²) in [5, 5.41) is 2.94. The SMILES string of the molecule is CCNCc1ccccc1OC(F)(F)F. The molecular formula is C10H12F3NO. The Kier molecular flexibility index (Phi) is 3.96. The van der Waals surface area contributed by atoms with Gasteiger partial charge in [-0.1, -0.05) is 25.1 Å². The maximum absolute atomic E-state index is 12.0. The van der Waals surface area contributed by atoms with Crippen LogP contribution >= 0.6 is 0 Å². The lowest BCUT2D eigenvalue weighted by atomic mass is 10.2. The summed E-state index contributed by atoms with van der Waals surface area (Å²) < 4.78 is 39.9. The van der Waals surface area contributed by atoms with Crippen LogP contribution in [0, 0.1) is 0 Å². The predicted octanol–water partition coefficient (Wildman–Crippen LogP) is 2.69. The summed E-state index contributed by atoms with van der Waals surface area (Å²) in [4.78, 5) is 0. The van der Waals surface area contributed by atoms with Crippen LogP contribution in [0.3, 0.4) is 0 Å². The summed E-state index contributed by atoms with van der Waals surface area (Å²) in [5.74, 6) is -0.147. The smallest absolute Gasteiger partial charge is 0.405 e. The van der Waals surface area contributed by atoms with Gasteiger partial charge in [0.05, 0.1) is 0 Å². The molecule has 0 spiro atoms. The van der Waals surface area contributed by atoms with Gasteiger partial charge in [-0.25, -0.2) is 0 Å². The van der Waals surface area contributed by atoms with E-state index in [2.05, 4.69) is 10.1 Å². The van der Waals surface area contributed by atoms with Crippen LogP contribution in [0.25, 0.3) is 0 Å². The van der Waals surface area contributed by atoms with Gasteiger partial charge >= 0.3 is 6.36 Å². The van der Waals surface area contributed by atoms with Crippen molar-refractivity contribution in [2.45, 2.75) is 19.8 Å². The first-order chi connectivity index (χ1) is 7.03. The van der Waals surface area contributed by atoms with E-state index in [1.54, 1.807) is 12.1 Å². The second kappa shape index (κ2) is 5.02. The molecule has 0 aliphatic heterocycles. The monoisotopic (exact) mass is 219 g/mol. The summed E-state index contributed by atoms with van der Waals surface area (Å²) >= 11 is 0. The minimum Gasteiger partial charge on any atom is -0.405 e. The summed E-state index contributed by atoms with van der Waals surface area (Å²) in [6.45, 7) is 2.94. The van der Waals surface area contributed by atoms with E-state index >= 15 is 0 Å². The number of nitrogens with one attached hydrogen (secondary N) is 1. The molecule has 0 radical (unpaired) electrons. The average molecular weight is 219 g/mol. The maximum atomic E-state index is 12.0. The Hall–Kier alpha value is -1.23. The highest BCUT2D eigenvalue weighted by molar-refractivity contribution is 5.33. The van der Waals surface area contributed by atoms with Gasteiger partial charge in [-0.05, 0) is 12.6 Å². The van der Waals surface area contributed by atoms with E-state index in [9.17, 15) is 13.2 Å². The van der Waals surface area contributed by atoms with Crippen molar-refractivity contribution in [3.63, 3.8) is 0 Å². The molecule has 0 atom stereocenters. The lowest BCUT2D eigenvalue weighted by molar-refractivity contribution is -0.274. The molecule has 0 amide bonds. The lowest BCUT2D eigenvalue weighted by Crippen LogP contribution is -2.19. The fraction of sp³-hybridized carbons (Fsp3) is 0.400. The van der Waals surface area contributed by atoms with Crippen molar-refractivity contribution >= 4 is 0 Å². The fourth-order valence-electron chi connectivity index (χ4n) is 1.13. The van der Waals surface area contributed by atoms with Crippen molar-refractivity contribution in [3.05, 3.63) is 29.8 Å². The first-order valence-corrected chi connectivity index (χ1v) is 4.57. The Morgan fingerprint density at radius 3 is 2.53 bits per heavy atom. The van der Waals surface area contributed by atoms with E-state index in [0.29, 0.717) is 18.7 Å². The van der Waals surface area contributed by atoms with Crippen LogP contribution in [-0.2, 0) is 6.54 Å². The topological polar surface area (TPSA) is 21.3 Å². The summed E-state index contributed by atoms with van der Waals surface area (Å²) in [6, 6.07) is 6.09. The van der Waals surface area contributed by atoms with Crippen molar-refractivity contribution in [2.24, 2.45) is 0 Å². The summed E-state index contributed by atoms with van der Waals surface area (Å²) in [5.41, 5.74) is 0.497. The minimum atomic E-state index is -4.64. The quantitative estimate of drug-likeness (QED) is 0.840. The first kappa shape index (κ1) is 11.8. The number of hydrogen-bond acceptors (Lipinski definition) is 2. The Morgan fingerprint density at radius 1 is 1.27 bits per heavy atom. The maximum Gasteiger partial charge on any atom is 0.573 e. The van der Waals surface area contributed by atoms with Gasteiger partial charge in [-0.3, -0.25) is 0 Å². The number of para-hydroxylation sites is 1. The Balaban J connectivity index is 2.77. The number of alkyl halides is 3. The second-order valence-electron chi connectivity index (χ2n) is 2.94. The van der Waals surface area contributed by atoms with Crippen LogP contribution in [-0.4, -0.2) is 12.9 Å². The summed E-state index contributed by atoms with van der Waals surface area (Å²) in [7, 11) is 0. The zero-order valence-corrected chi connectivity index (χ0v) is 8.27. The Bertz CT molecular complexity index is 312. The third kappa shape index (κ3) is 4.20. The van der Waals surface area contributed by atoms with Crippen molar-refractivity contribution in [1.82, 2.24) is 5.32 Å². The van der Waals surface area contributed by atoms with Crippen molar-refractivity contribution in [2.75, 3.05) is 6.54 Å². The van der Waals surface area contributed by atoms with Crippen LogP contribution in [0.5, 0.6) is 5.75 Å². The first-order valence-electron chi connectivity index (χ1n) is 4.57. The van der Waals surface area contributed by atoms with Gasteiger partial charge in [0.25, 0.3) is 0 Å². The molecule has 0 saturated heterocycles. The molecule has 1 aromatic carbocycles. The minimum absolute atomic E-state index is 0.147. The molecule has 0 unspecified atom stereocenters. The second-order valence-corrected chi connectivity index (χ2v) is 2.94. The highest BCUT2D eigenvalue weighted by Gasteiger charge is 2.31. The molecule has 84 valence electrons. The molecule has 5 heteroatoms. The Morgan fingerprint density at radius 2 is 1.93 bits per heavy atom. The van der Waals surface area contributed by atoms with E-state index < -0.39 is 6.36 Å². The molecule has 0 aliphatic carbocycles. The van der Waals surface area contributed by atoms with Gasteiger partial charge in [0.2, 0.25) is 0 Å². The molecule has 1 rings (SSSR count). The van der Waals surface area contributed by atoms with Gasteiger partial charge in [0, 0.05) is 12.1 Å². The van der Waals surface area contributed by atoms with Gasteiger partial charge in [0.1, 0.15) is 5.75 Å². The number of benzene rings is 1. The van der Waals surface area contributed by atoms with E-state index in [1.807, 2.05) is 6.92 Å². The summed E-state index contributed by atoms with van der Waals surface area (Å²) in [6.07, 6.45) is -4.64. The zero-order valence-electron chi connectivity index (χ0n) is 8.27. The molecule has 15 heavy (non-hydrogen) atoms. The fourth-order valence-corrected chi connectivity index (χ4v) is 1.13. The molecule has 1 aromatic rings. The standard InChI is InChI=1S/C10H12F3NO/c1-2-14-7-8-5-3-4-6-9(8)15-10(11,12)13/h3-6,14H,2,7H2,1H3. The largest absolute Gasteiger partial charge is 0.573 e. The van der Waals surface area contributed by atoms with E-state index in [-0.39, 0.29) is 5.75 Å². The average Bonchev–Trinajstić information content (AvgIpc) is 2.14. The molecule has 0 fully saturated rings. The normalized spacial score (nSPS) is 11.5. The van der Waals surface area contributed by atoms with Gasteiger partial charge < -0.3 is 10.1 Å².